The molecule has 0 aliphatic rings. The highest BCUT2D eigenvalue weighted by atomic mass is 16.3. The van der Waals surface area contributed by atoms with Crippen molar-refractivity contribution in [3.8, 4) is 0 Å². The zero-order chi connectivity index (χ0) is 12.5. The third kappa shape index (κ3) is 2.00. The van der Waals surface area contributed by atoms with Crippen LogP contribution in [-0.2, 0) is 6.42 Å². The van der Waals surface area contributed by atoms with Crippen LogP contribution in [0.4, 0.5) is 11.4 Å². The van der Waals surface area contributed by atoms with E-state index in [4.69, 9.17) is 15.9 Å². The van der Waals surface area contributed by atoms with E-state index in [0.29, 0.717) is 18.0 Å². The molecule has 4 N–H and O–H groups in total. The molecule has 0 aliphatic carbocycles. The molecule has 0 fully saturated rings. The molecule has 0 bridgehead atoms. The van der Waals surface area contributed by atoms with Crippen molar-refractivity contribution < 1.29 is 4.42 Å². The molecule has 0 atom stereocenters. The SMILES string of the molecule is Nc1ccc(Cc2nc3cc(N)ccc3o2)cc1. The van der Waals surface area contributed by atoms with Gasteiger partial charge in [-0.25, -0.2) is 4.98 Å². The topological polar surface area (TPSA) is 78.1 Å². The van der Waals surface area contributed by atoms with Gasteiger partial charge in [0, 0.05) is 17.8 Å². The fraction of sp³-hybridized carbons (Fsp3) is 0.0714. The molecule has 3 aromatic rings. The summed E-state index contributed by atoms with van der Waals surface area (Å²) in [7, 11) is 0. The van der Waals surface area contributed by atoms with Gasteiger partial charge in [0.25, 0.3) is 0 Å². The Bertz CT molecular complexity index is 686. The van der Waals surface area contributed by atoms with Gasteiger partial charge in [-0.15, -0.1) is 0 Å². The van der Waals surface area contributed by atoms with Crippen LogP contribution in [0.1, 0.15) is 11.5 Å². The van der Waals surface area contributed by atoms with Gasteiger partial charge in [-0.3, -0.25) is 0 Å². The molecule has 2 aromatic carbocycles. The van der Waals surface area contributed by atoms with Crippen LogP contribution in [0.3, 0.4) is 0 Å². The Labute approximate surface area is 104 Å². The van der Waals surface area contributed by atoms with Crippen molar-refractivity contribution in [1.29, 1.82) is 0 Å². The lowest BCUT2D eigenvalue weighted by atomic mass is 10.1. The van der Waals surface area contributed by atoms with E-state index in [2.05, 4.69) is 4.98 Å². The summed E-state index contributed by atoms with van der Waals surface area (Å²) in [6, 6.07) is 13.1. The average Bonchev–Trinajstić information content (AvgIpc) is 2.73. The van der Waals surface area contributed by atoms with Crippen molar-refractivity contribution in [2.45, 2.75) is 6.42 Å². The van der Waals surface area contributed by atoms with Crippen molar-refractivity contribution in [2.75, 3.05) is 11.5 Å². The van der Waals surface area contributed by atoms with Gasteiger partial charge in [0.2, 0.25) is 0 Å². The molecule has 90 valence electrons. The van der Waals surface area contributed by atoms with E-state index in [1.165, 1.54) is 0 Å². The van der Waals surface area contributed by atoms with Crippen LogP contribution in [0.5, 0.6) is 0 Å². The first kappa shape index (κ1) is 10.7. The first-order valence-corrected chi connectivity index (χ1v) is 5.70. The number of benzene rings is 2. The maximum absolute atomic E-state index is 5.71. The minimum Gasteiger partial charge on any atom is -0.440 e. The van der Waals surface area contributed by atoms with Crippen LogP contribution >= 0.6 is 0 Å². The largest absolute Gasteiger partial charge is 0.440 e. The molecule has 1 heterocycles. The van der Waals surface area contributed by atoms with Crippen LogP contribution in [0.2, 0.25) is 0 Å². The highest BCUT2D eigenvalue weighted by Crippen LogP contribution is 2.20. The van der Waals surface area contributed by atoms with E-state index >= 15 is 0 Å². The molecule has 0 saturated heterocycles. The van der Waals surface area contributed by atoms with Crippen molar-refractivity contribution in [3.63, 3.8) is 0 Å². The van der Waals surface area contributed by atoms with Crippen molar-refractivity contribution in [3.05, 3.63) is 53.9 Å². The number of fused-ring (bicyclic) bond motifs is 1. The lowest BCUT2D eigenvalue weighted by Crippen LogP contribution is -1.89. The van der Waals surface area contributed by atoms with E-state index in [9.17, 15) is 0 Å². The summed E-state index contributed by atoms with van der Waals surface area (Å²) >= 11 is 0. The summed E-state index contributed by atoms with van der Waals surface area (Å²) < 4.78 is 5.66. The summed E-state index contributed by atoms with van der Waals surface area (Å²) in [5.41, 5.74) is 15.5. The smallest absolute Gasteiger partial charge is 0.199 e. The minimum absolute atomic E-state index is 0.648. The maximum Gasteiger partial charge on any atom is 0.199 e. The predicted octanol–water partition coefficient (Wildman–Crippen LogP) is 2.58. The maximum atomic E-state index is 5.71. The van der Waals surface area contributed by atoms with Gasteiger partial charge in [0.1, 0.15) is 5.52 Å². The number of aromatic nitrogens is 1. The first-order chi connectivity index (χ1) is 8.70. The van der Waals surface area contributed by atoms with Crippen molar-refractivity contribution >= 4 is 22.5 Å². The second kappa shape index (κ2) is 4.07. The van der Waals surface area contributed by atoms with E-state index < -0.39 is 0 Å². The lowest BCUT2D eigenvalue weighted by Gasteiger charge is -1.97. The Balaban J connectivity index is 1.92. The normalized spacial score (nSPS) is 10.9. The summed E-state index contributed by atoms with van der Waals surface area (Å²) in [5.74, 6) is 0.681. The van der Waals surface area contributed by atoms with Crippen LogP contribution in [0.25, 0.3) is 11.1 Å². The van der Waals surface area contributed by atoms with Crippen molar-refractivity contribution in [2.24, 2.45) is 0 Å². The Morgan fingerprint density at radius 3 is 2.44 bits per heavy atom. The monoisotopic (exact) mass is 239 g/mol. The Kier molecular flexibility index (Phi) is 2.41. The van der Waals surface area contributed by atoms with Gasteiger partial charge in [-0.05, 0) is 35.9 Å². The van der Waals surface area contributed by atoms with Crippen LogP contribution in [0.15, 0.2) is 46.9 Å². The summed E-state index contributed by atoms with van der Waals surface area (Å²) in [4.78, 5) is 4.41. The number of nitrogens with zero attached hydrogens (tertiary/aromatic N) is 1. The third-order valence-corrected chi connectivity index (χ3v) is 2.79. The first-order valence-electron chi connectivity index (χ1n) is 5.70. The molecular formula is C14H13N3O. The number of anilines is 2. The number of hydrogen-bond acceptors (Lipinski definition) is 4. The molecule has 0 amide bonds. The van der Waals surface area contributed by atoms with Crippen LogP contribution < -0.4 is 11.5 Å². The molecule has 0 saturated carbocycles. The summed E-state index contributed by atoms with van der Waals surface area (Å²) in [5, 5.41) is 0. The number of rotatable bonds is 2. The molecule has 1 aromatic heterocycles. The summed E-state index contributed by atoms with van der Waals surface area (Å²) in [6.45, 7) is 0. The van der Waals surface area contributed by atoms with E-state index in [1.807, 2.05) is 36.4 Å². The van der Waals surface area contributed by atoms with Gasteiger partial charge >= 0.3 is 0 Å². The van der Waals surface area contributed by atoms with E-state index in [0.717, 1.165) is 22.4 Å². The lowest BCUT2D eigenvalue weighted by molar-refractivity contribution is 0.544. The highest BCUT2D eigenvalue weighted by Gasteiger charge is 2.06. The standard InChI is InChI=1S/C14H13N3O/c15-10-3-1-9(2-4-10)7-14-17-12-8-11(16)5-6-13(12)18-14/h1-6,8H,7,15-16H2. The molecule has 4 nitrogen and oxygen atoms in total. The molecule has 18 heavy (non-hydrogen) atoms. The zero-order valence-electron chi connectivity index (χ0n) is 9.76. The molecule has 4 heteroatoms. The van der Waals surface area contributed by atoms with Crippen LogP contribution in [0, 0.1) is 0 Å². The molecule has 0 radical (unpaired) electrons. The molecular weight excluding hydrogens is 226 g/mol. The number of nitrogens with two attached hydrogens (primary N) is 2. The predicted molar refractivity (Wildman–Crippen MR) is 72.1 cm³/mol. The zero-order valence-corrected chi connectivity index (χ0v) is 9.76. The Hall–Kier alpha value is -2.49. The number of nitrogen functional groups attached to an aromatic ring is 2. The molecule has 3 rings (SSSR count). The second-order valence-electron chi connectivity index (χ2n) is 4.25. The van der Waals surface area contributed by atoms with Gasteiger partial charge in [-0.1, -0.05) is 12.1 Å². The van der Waals surface area contributed by atoms with Gasteiger partial charge in [0.15, 0.2) is 11.5 Å². The summed E-state index contributed by atoms with van der Waals surface area (Å²) in [6.07, 6.45) is 0.648. The van der Waals surface area contributed by atoms with Gasteiger partial charge in [-0.2, -0.15) is 0 Å². The highest BCUT2D eigenvalue weighted by molar-refractivity contribution is 5.76. The van der Waals surface area contributed by atoms with Crippen molar-refractivity contribution in [1.82, 2.24) is 4.98 Å². The second-order valence-corrected chi connectivity index (χ2v) is 4.25. The average molecular weight is 239 g/mol. The molecule has 0 spiro atoms. The molecule has 0 unspecified atom stereocenters. The third-order valence-electron chi connectivity index (χ3n) is 2.79. The fourth-order valence-electron chi connectivity index (χ4n) is 1.88. The number of oxazole rings is 1. The minimum atomic E-state index is 0.648. The Morgan fingerprint density at radius 2 is 1.67 bits per heavy atom. The fourth-order valence-corrected chi connectivity index (χ4v) is 1.88. The number of hydrogen-bond donors (Lipinski definition) is 2. The van der Waals surface area contributed by atoms with E-state index in [1.54, 1.807) is 6.07 Å². The van der Waals surface area contributed by atoms with Crippen LogP contribution in [-0.4, -0.2) is 4.98 Å². The Morgan fingerprint density at radius 1 is 0.944 bits per heavy atom. The van der Waals surface area contributed by atoms with Gasteiger partial charge < -0.3 is 15.9 Å². The van der Waals surface area contributed by atoms with E-state index in [-0.39, 0.29) is 0 Å². The van der Waals surface area contributed by atoms with Gasteiger partial charge in [0.05, 0.1) is 0 Å². The molecule has 0 aliphatic heterocycles. The quantitative estimate of drug-likeness (QED) is 0.674.